The smallest absolute Gasteiger partial charge is 0.249 e. The van der Waals surface area contributed by atoms with Crippen LogP contribution in [0.2, 0.25) is 0 Å². The first-order chi connectivity index (χ1) is 14.6. The highest BCUT2D eigenvalue weighted by Gasteiger charge is 2.32. The Kier molecular flexibility index (Phi) is 7.25. The Labute approximate surface area is 188 Å². The number of hydrogen-bond acceptors (Lipinski definition) is 4. The molecule has 31 heavy (non-hydrogen) atoms. The molecule has 7 heteroatoms. The summed E-state index contributed by atoms with van der Waals surface area (Å²) in [5.74, 6) is -0.256. The molecule has 0 radical (unpaired) electrons. The topological polar surface area (TPSA) is 74.3 Å². The van der Waals surface area contributed by atoms with E-state index in [0.717, 1.165) is 34.1 Å². The molecule has 2 unspecified atom stereocenters. The van der Waals surface area contributed by atoms with E-state index in [2.05, 4.69) is 21.7 Å². The van der Waals surface area contributed by atoms with Crippen LogP contribution in [0.5, 0.6) is 0 Å². The molecule has 1 aliphatic heterocycles. The standard InChI is InChI=1S/C24H26N4O2.ClH/c1-16(25-2)23(29)27-21-12-11-17-7-3-6-10-22(17)28(24(21)30)15-18-13-14-26-20-9-5-4-8-19(18)20;/h3-10,13-14,16,21,25H,11-12,15H2,1-2H3,(H,27,29);1H. The van der Waals surface area contributed by atoms with Crippen LogP contribution in [0.25, 0.3) is 10.9 Å². The van der Waals surface area contributed by atoms with Crippen LogP contribution in [-0.4, -0.2) is 35.9 Å². The van der Waals surface area contributed by atoms with Crippen molar-refractivity contribution in [2.75, 3.05) is 11.9 Å². The first kappa shape index (κ1) is 22.7. The summed E-state index contributed by atoms with van der Waals surface area (Å²) in [4.78, 5) is 32.3. The fraction of sp³-hybridized carbons (Fsp3) is 0.292. The predicted molar refractivity (Wildman–Crippen MR) is 125 cm³/mol. The number of hydrogen-bond donors (Lipinski definition) is 2. The summed E-state index contributed by atoms with van der Waals surface area (Å²) in [5.41, 5.74) is 3.95. The van der Waals surface area contributed by atoms with Crippen LogP contribution in [0.4, 0.5) is 5.69 Å². The van der Waals surface area contributed by atoms with Crippen LogP contribution in [0.3, 0.4) is 0 Å². The van der Waals surface area contributed by atoms with Crippen molar-refractivity contribution in [3.63, 3.8) is 0 Å². The van der Waals surface area contributed by atoms with Gasteiger partial charge in [0.2, 0.25) is 11.8 Å². The lowest BCUT2D eigenvalue weighted by Gasteiger charge is -2.27. The van der Waals surface area contributed by atoms with Gasteiger partial charge in [-0.15, -0.1) is 12.4 Å². The van der Waals surface area contributed by atoms with E-state index in [1.807, 2.05) is 48.5 Å². The van der Waals surface area contributed by atoms with Gasteiger partial charge in [0.25, 0.3) is 0 Å². The SMILES string of the molecule is CNC(C)C(=O)NC1CCc2ccccc2N(Cc2ccnc3ccccc23)C1=O.Cl. The van der Waals surface area contributed by atoms with Gasteiger partial charge >= 0.3 is 0 Å². The van der Waals surface area contributed by atoms with Gasteiger partial charge in [-0.2, -0.15) is 0 Å². The molecule has 0 aliphatic carbocycles. The van der Waals surface area contributed by atoms with Crippen LogP contribution in [0.1, 0.15) is 24.5 Å². The highest BCUT2D eigenvalue weighted by atomic mass is 35.5. The average molecular weight is 439 g/mol. The van der Waals surface area contributed by atoms with Crippen molar-refractivity contribution in [1.29, 1.82) is 0 Å². The number of nitrogens with zero attached hydrogens (tertiary/aromatic N) is 2. The predicted octanol–water partition coefficient (Wildman–Crippen LogP) is 3.23. The largest absolute Gasteiger partial charge is 0.343 e. The lowest BCUT2D eigenvalue weighted by molar-refractivity contribution is -0.128. The van der Waals surface area contributed by atoms with Gasteiger partial charge in [-0.1, -0.05) is 36.4 Å². The van der Waals surface area contributed by atoms with Gasteiger partial charge in [-0.25, -0.2) is 0 Å². The number of para-hydroxylation sites is 2. The lowest BCUT2D eigenvalue weighted by atomic mass is 10.1. The Bertz CT molecular complexity index is 1080. The summed E-state index contributed by atoms with van der Waals surface area (Å²) in [5, 5.41) is 6.90. The summed E-state index contributed by atoms with van der Waals surface area (Å²) in [6.45, 7) is 2.21. The van der Waals surface area contributed by atoms with Crippen molar-refractivity contribution in [3.8, 4) is 0 Å². The van der Waals surface area contributed by atoms with Gasteiger partial charge in [0.15, 0.2) is 0 Å². The second-order valence-electron chi connectivity index (χ2n) is 7.65. The maximum Gasteiger partial charge on any atom is 0.249 e. The Hall–Kier alpha value is -2.96. The summed E-state index contributed by atoms with van der Waals surface area (Å²) in [6, 6.07) is 17.0. The molecule has 2 heterocycles. The highest BCUT2D eigenvalue weighted by molar-refractivity contribution is 6.01. The molecule has 0 spiro atoms. The van der Waals surface area contributed by atoms with Gasteiger partial charge in [0, 0.05) is 17.3 Å². The molecule has 6 nitrogen and oxygen atoms in total. The fourth-order valence-electron chi connectivity index (χ4n) is 3.90. The molecule has 3 aromatic rings. The number of anilines is 1. The van der Waals surface area contributed by atoms with Crippen molar-refractivity contribution in [2.45, 2.75) is 38.4 Å². The maximum atomic E-state index is 13.6. The Balaban J connectivity index is 0.00000272. The van der Waals surface area contributed by atoms with Crippen LogP contribution in [-0.2, 0) is 22.6 Å². The van der Waals surface area contributed by atoms with E-state index in [1.165, 1.54) is 0 Å². The molecule has 2 atom stereocenters. The normalized spacial score (nSPS) is 16.8. The number of rotatable bonds is 5. The first-order valence-corrected chi connectivity index (χ1v) is 10.3. The Morgan fingerprint density at radius 2 is 1.90 bits per heavy atom. The van der Waals surface area contributed by atoms with E-state index < -0.39 is 6.04 Å². The zero-order valence-corrected chi connectivity index (χ0v) is 18.5. The fourth-order valence-corrected chi connectivity index (χ4v) is 3.90. The summed E-state index contributed by atoms with van der Waals surface area (Å²) < 4.78 is 0. The molecule has 162 valence electrons. The third-order valence-electron chi connectivity index (χ3n) is 5.76. The van der Waals surface area contributed by atoms with E-state index in [1.54, 1.807) is 25.1 Å². The number of aromatic nitrogens is 1. The number of carbonyl (C=O) groups is 2. The van der Waals surface area contributed by atoms with Crippen LogP contribution in [0.15, 0.2) is 60.8 Å². The number of benzene rings is 2. The minimum absolute atomic E-state index is 0. The van der Waals surface area contributed by atoms with Crippen molar-refractivity contribution in [2.24, 2.45) is 0 Å². The molecule has 0 saturated heterocycles. The van der Waals surface area contributed by atoms with Crippen molar-refractivity contribution in [3.05, 3.63) is 71.9 Å². The van der Waals surface area contributed by atoms with Crippen molar-refractivity contribution < 1.29 is 9.59 Å². The van der Waals surface area contributed by atoms with Gasteiger partial charge < -0.3 is 15.5 Å². The van der Waals surface area contributed by atoms with Gasteiger partial charge in [-0.05, 0) is 56.1 Å². The third kappa shape index (κ3) is 4.70. The maximum absolute atomic E-state index is 13.6. The average Bonchev–Trinajstić information content (AvgIpc) is 2.91. The first-order valence-electron chi connectivity index (χ1n) is 10.3. The number of carbonyl (C=O) groups excluding carboxylic acids is 2. The molecule has 0 saturated carbocycles. The Morgan fingerprint density at radius 3 is 2.71 bits per heavy atom. The summed E-state index contributed by atoms with van der Waals surface area (Å²) in [6.07, 6.45) is 3.08. The molecule has 1 aliphatic rings. The molecule has 0 bridgehead atoms. The van der Waals surface area contributed by atoms with E-state index in [4.69, 9.17) is 0 Å². The second-order valence-corrected chi connectivity index (χ2v) is 7.65. The number of aryl methyl sites for hydroxylation is 1. The minimum Gasteiger partial charge on any atom is -0.343 e. The molecule has 2 aromatic carbocycles. The molecule has 1 aromatic heterocycles. The minimum atomic E-state index is -0.561. The van der Waals surface area contributed by atoms with Crippen LogP contribution in [0, 0.1) is 0 Å². The Morgan fingerprint density at radius 1 is 1.16 bits per heavy atom. The van der Waals surface area contributed by atoms with E-state index >= 15 is 0 Å². The molecule has 4 rings (SSSR count). The quantitative estimate of drug-likeness (QED) is 0.641. The van der Waals surface area contributed by atoms with Gasteiger partial charge in [0.05, 0.1) is 18.1 Å². The second kappa shape index (κ2) is 9.90. The number of pyridine rings is 1. The molecular formula is C24H27ClN4O2. The number of nitrogens with one attached hydrogen (secondary N) is 2. The van der Waals surface area contributed by atoms with Crippen molar-refractivity contribution in [1.82, 2.24) is 15.6 Å². The molecule has 2 N–H and O–H groups in total. The molecular weight excluding hydrogens is 412 g/mol. The van der Waals surface area contributed by atoms with E-state index in [0.29, 0.717) is 13.0 Å². The number of amides is 2. The van der Waals surface area contributed by atoms with Gasteiger partial charge in [0.1, 0.15) is 6.04 Å². The molecule has 0 fully saturated rings. The number of likely N-dealkylation sites (N-methyl/N-ethyl adjacent to an activating group) is 1. The number of fused-ring (bicyclic) bond motifs is 2. The van der Waals surface area contributed by atoms with Crippen LogP contribution < -0.4 is 15.5 Å². The summed E-state index contributed by atoms with van der Waals surface area (Å²) >= 11 is 0. The van der Waals surface area contributed by atoms with Crippen LogP contribution >= 0.6 is 12.4 Å². The summed E-state index contributed by atoms with van der Waals surface area (Å²) in [7, 11) is 1.73. The highest BCUT2D eigenvalue weighted by Crippen LogP contribution is 2.30. The lowest BCUT2D eigenvalue weighted by Crippen LogP contribution is -2.52. The zero-order chi connectivity index (χ0) is 21.1. The van der Waals surface area contributed by atoms with Crippen molar-refractivity contribution >= 4 is 40.8 Å². The zero-order valence-electron chi connectivity index (χ0n) is 17.7. The number of halogens is 1. The third-order valence-corrected chi connectivity index (χ3v) is 5.76. The molecule has 2 amide bonds. The van der Waals surface area contributed by atoms with E-state index in [9.17, 15) is 9.59 Å². The van der Waals surface area contributed by atoms with Gasteiger partial charge in [-0.3, -0.25) is 14.6 Å². The monoisotopic (exact) mass is 438 g/mol. The van der Waals surface area contributed by atoms with E-state index in [-0.39, 0.29) is 30.3 Å².